The van der Waals surface area contributed by atoms with Gasteiger partial charge in [0.15, 0.2) is 0 Å². The lowest BCUT2D eigenvalue weighted by Crippen LogP contribution is -2.35. The molecule has 4 rings (SSSR count). The SMILES string of the molecule is COC(=O)Nc1ccc2c(c1)NC(=O)C(C)CCCC(N(CCCc1c(F)ccc(Cl)c1F)C(=O)O)c1cc-2cnn1. The molecule has 3 aromatic rings. The van der Waals surface area contributed by atoms with Gasteiger partial charge in [0, 0.05) is 34.8 Å². The number of rotatable bonds is 6. The number of nitrogens with one attached hydrogen (secondary N) is 2. The van der Waals surface area contributed by atoms with Gasteiger partial charge in [-0.15, -0.1) is 0 Å². The van der Waals surface area contributed by atoms with E-state index in [2.05, 4.69) is 25.6 Å². The lowest BCUT2D eigenvalue weighted by Gasteiger charge is -2.30. The minimum atomic E-state index is -1.23. The van der Waals surface area contributed by atoms with Crippen LogP contribution in [0.4, 0.5) is 29.7 Å². The van der Waals surface area contributed by atoms with Crippen LogP contribution in [0.25, 0.3) is 11.1 Å². The van der Waals surface area contributed by atoms with Gasteiger partial charge in [0.25, 0.3) is 0 Å². The topological polar surface area (TPSA) is 134 Å². The van der Waals surface area contributed by atoms with E-state index in [-0.39, 0.29) is 35.9 Å². The number of hydrogen-bond donors (Lipinski definition) is 3. The first-order valence-corrected chi connectivity index (χ1v) is 13.7. The van der Waals surface area contributed by atoms with E-state index < -0.39 is 35.8 Å². The lowest BCUT2D eigenvalue weighted by atomic mass is 9.95. The van der Waals surface area contributed by atoms with Crippen LogP contribution in [0.5, 0.6) is 0 Å². The standard InChI is InChI=1S/C29H30ClF2N5O5/c1-16-5-3-7-25(37(29(40)41)12-4-6-20-22(31)11-10-21(30)26(20)32)24-13-17(15-33-36-24)19-9-8-18(34-28(39)42-2)14-23(19)35-27(16)38/h8-11,13-16,25H,3-7,12H2,1-2H3,(H,34,39)(H,35,38)(H,40,41). The summed E-state index contributed by atoms with van der Waals surface area (Å²) in [5.41, 5.74) is 2.13. The van der Waals surface area contributed by atoms with E-state index >= 15 is 0 Å². The third-order valence-corrected chi connectivity index (χ3v) is 7.48. The number of carbonyl (C=O) groups is 3. The van der Waals surface area contributed by atoms with Crippen LogP contribution in [-0.4, -0.2) is 52.0 Å². The van der Waals surface area contributed by atoms with E-state index in [0.29, 0.717) is 47.5 Å². The number of methoxy groups -OCH3 is 1. The second kappa shape index (κ2) is 13.6. The number of anilines is 2. The van der Waals surface area contributed by atoms with Crippen LogP contribution in [0.2, 0.25) is 5.02 Å². The van der Waals surface area contributed by atoms with Crippen LogP contribution >= 0.6 is 11.6 Å². The third kappa shape index (κ3) is 7.11. The number of amides is 3. The highest BCUT2D eigenvalue weighted by Gasteiger charge is 2.28. The van der Waals surface area contributed by atoms with E-state index in [0.717, 1.165) is 12.1 Å². The van der Waals surface area contributed by atoms with Crippen molar-refractivity contribution >= 4 is 41.1 Å². The maximum Gasteiger partial charge on any atom is 0.411 e. The minimum Gasteiger partial charge on any atom is -0.465 e. The van der Waals surface area contributed by atoms with Gasteiger partial charge >= 0.3 is 12.2 Å². The van der Waals surface area contributed by atoms with Gasteiger partial charge in [0.1, 0.15) is 11.6 Å². The Labute approximate surface area is 246 Å². The number of ether oxygens (including phenoxy) is 1. The number of halogens is 3. The highest BCUT2D eigenvalue weighted by atomic mass is 35.5. The van der Waals surface area contributed by atoms with E-state index in [4.69, 9.17) is 11.6 Å². The first-order valence-electron chi connectivity index (χ1n) is 13.3. The van der Waals surface area contributed by atoms with E-state index in [1.54, 1.807) is 31.2 Å². The maximum absolute atomic E-state index is 14.4. The zero-order valence-electron chi connectivity index (χ0n) is 23.0. The van der Waals surface area contributed by atoms with E-state index in [1.807, 2.05) is 0 Å². The lowest BCUT2D eigenvalue weighted by molar-refractivity contribution is -0.119. The third-order valence-electron chi connectivity index (χ3n) is 7.18. The number of aromatic nitrogens is 2. The van der Waals surface area contributed by atoms with Gasteiger partial charge in [-0.3, -0.25) is 15.0 Å². The summed E-state index contributed by atoms with van der Waals surface area (Å²) in [5, 5.41) is 23.8. The Balaban J connectivity index is 1.68. The molecule has 13 heteroatoms. The average molecular weight is 602 g/mol. The van der Waals surface area contributed by atoms with Crippen molar-refractivity contribution in [3.8, 4) is 11.1 Å². The molecule has 2 heterocycles. The zero-order chi connectivity index (χ0) is 30.4. The molecule has 2 atom stereocenters. The second-order valence-corrected chi connectivity index (χ2v) is 10.4. The molecule has 10 nitrogen and oxygen atoms in total. The predicted octanol–water partition coefficient (Wildman–Crippen LogP) is 6.67. The van der Waals surface area contributed by atoms with Crippen LogP contribution < -0.4 is 10.6 Å². The largest absolute Gasteiger partial charge is 0.465 e. The van der Waals surface area contributed by atoms with Gasteiger partial charge in [-0.2, -0.15) is 10.2 Å². The van der Waals surface area contributed by atoms with Crippen LogP contribution in [-0.2, 0) is 16.0 Å². The first-order chi connectivity index (χ1) is 20.1. The highest BCUT2D eigenvalue weighted by Crippen LogP contribution is 2.35. The number of hydrogen-bond acceptors (Lipinski definition) is 6. The van der Waals surface area contributed by atoms with Crippen LogP contribution in [0, 0.1) is 17.6 Å². The Morgan fingerprint density at radius 3 is 2.74 bits per heavy atom. The van der Waals surface area contributed by atoms with Gasteiger partial charge in [-0.05, 0) is 56.0 Å². The molecule has 3 amide bonds. The fourth-order valence-corrected chi connectivity index (χ4v) is 5.09. The van der Waals surface area contributed by atoms with Crippen molar-refractivity contribution in [3.05, 3.63) is 70.5 Å². The molecule has 1 aromatic heterocycles. The number of benzene rings is 2. The Morgan fingerprint density at radius 1 is 1.21 bits per heavy atom. The molecule has 1 aliphatic rings. The van der Waals surface area contributed by atoms with Crippen molar-refractivity contribution in [1.29, 1.82) is 0 Å². The Morgan fingerprint density at radius 2 is 2.00 bits per heavy atom. The van der Waals surface area contributed by atoms with Gasteiger partial charge < -0.3 is 15.2 Å². The van der Waals surface area contributed by atoms with Crippen molar-refractivity contribution < 1.29 is 33.0 Å². The van der Waals surface area contributed by atoms with Crippen molar-refractivity contribution in [2.75, 3.05) is 24.3 Å². The summed E-state index contributed by atoms with van der Waals surface area (Å²) in [4.78, 5) is 38.5. The van der Waals surface area contributed by atoms with Crippen molar-refractivity contribution in [1.82, 2.24) is 15.1 Å². The quantitative estimate of drug-likeness (QED) is 0.269. The van der Waals surface area contributed by atoms with Crippen LogP contribution in [0.15, 0.2) is 42.6 Å². The molecule has 0 radical (unpaired) electrons. The normalized spacial score (nSPS) is 16.7. The summed E-state index contributed by atoms with van der Waals surface area (Å²) in [6.07, 6.45) is 0.944. The van der Waals surface area contributed by atoms with Crippen LogP contribution in [0.3, 0.4) is 0 Å². The smallest absolute Gasteiger partial charge is 0.411 e. The van der Waals surface area contributed by atoms with Crippen molar-refractivity contribution in [3.63, 3.8) is 0 Å². The molecule has 0 aliphatic carbocycles. The first kappa shape index (κ1) is 30.6. The van der Waals surface area contributed by atoms with E-state index in [9.17, 15) is 28.3 Å². The Hall–Kier alpha value is -4.32. The summed E-state index contributed by atoms with van der Waals surface area (Å²) in [6.45, 7) is 1.74. The molecule has 0 saturated heterocycles. The highest BCUT2D eigenvalue weighted by molar-refractivity contribution is 6.30. The van der Waals surface area contributed by atoms with Gasteiger partial charge in [0.2, 0.25) is 5.91 Å². The zero-order valence-corrected chi connectivity index (χ0v) is 23.8. The summed E-state index contributed by atoms with van der Waals surface area (Å²) in [7, 11) is 1.24. The number of fused-ring (bicyclic) bond motifs is 4. The van der Waals surface area contributed by atoms with E-state index in [1.165, 1.54) is 18.2 Å². The molecule has 2 aromatic carbocycles. The molecular formula is C29H30ClF2N5O5. The van der Waals surface area contributed by atoms with Crippen LogP contribution in [0.1, 0.15) is 49.9 Å². The molecule has 0 fully saturated rings. The number of carbonyl (C=O) groups excluding carboxylic acids is 2. The van der Waals surface area contributed by atoms with Crippen molar-refractivity contribution in [2.45, 2.75) is 45.1 Å². The van der Waals surface area contributed by atoms with Gasteiger partial charge in [-0.25, -0.2) is 18.4 Å². The number of nitrogens with zero attached hydrogens (tertiary/aromatic N) is 3. The average Bonchev–Trinajstić information content (AvgIpc) is 2.97. The Bertz CT molecular complexity index is 1490. The molecule has 2 bridgehead atoms. The monoisotopic (exact) mass is 601 g/mol. The maximum atomic E-state index is 14.4. The molecule has 3 N–H and O–H groups in total. The fraction of sp³-hybridized carbons (Fsp3) is 0.345. The molecule has 0 saturated carbocycles. The molecule has 2 unspecified atom stereocenters. The summed E-state index contributed by atoms with van der Waals surface area (Å²) >= 11 is 5.81. The molecule has 42 heavy (non-hydrogen) atoms. The molecule has 222 valence electrons. The summed E-state index contributed by atoms with van der Waals surface area (Å²) < 4.78 is 33.3. The minimum absolute atomic E-state index is 0.0352. The summed E-state index contributed by atoms with van der Waals surface area (Å²) in [5.74, 6) is -2.27. The van der Waals surface area contributed by atoms with Gasteiger partial charge in [-0.1, -0.05) is 31.0 Å². The predicted molar refractivity (Wildman–Crippen MR) is 152 cm³/mol. The Kier molecular flexibility index (Phi) is 9.89. The molecule has 0 spiro atoms. The fourth-order valence-electron chi connectivity index (χ4n) is 4.92. The molecule has 1 aliphatic heterocycles. The van der Waals surface area contributed by atoms with Gasteiger partial charge in [0.05, 0.1) is 35.8 Å². The second-order valence-electron chi connectivity index (χ2n) is 9.98. The number of carboxylic acid groups (broad SMARTS) is 1. The van der Waals surface area contributed by atoms with Crippen molar-refractivity contribution in [2.24, 2.45) is 5.92 Å². The molecular weight excluding hydrogens is 572 g/mol. The summed E-state index contributed by atoms with van der Waals surface area (Å²) in [6, 6.07) is 8.09.